The molecule has 2 aromatic carbocycles. The van der Waals surface area contributed by atoms with Gasteiger partial charge in [0.2, 0.25) is 15.9 Å². The Morgan fingerprint density at radius 1 is 0.958 bits per heavy atom. The summed E-state index contributed by atoms with van der Waals surface area (Å²) >= 11 is 0. The second-order valence-electron chi connectivity index (χ2n) is 5.72. The Kier molecular flexibility index (Phi) is 6.11. The molecule has 0 bridgehead atoms. The third-order valence-electron chi connectivity index (χ3n) is 3.68. The number of amides is 1. The second-order valence-corrected chi connectivity index (χ2v) is 7.34. The Morgan fingerprint density at radius 3 is 2.04 bits per heavy atom. The molecule has 3 N–H and O–H groups in total. The Hall–Kier alpha value is -2.18. The highest BCUT2D eigenvalue weighted by Gasteiger charge is 2.06. The van der Waals surface area contributed by atoms with Crippen LogP contribution >= 0.6 is 0 Å². The average molecular weight is 346 g/mol. The number of benzene rings is 2. The predicted molar refractivity (Wildman–Crippen MR) is 96.0 cm³/mol. The van der Waals surface area contributed by atoms with E-state index in [9.17, 15) is 13.2 Å². The third-order valence-corrected chi connectivity index (χ3v) is 4.41. The lowest BCUT2D eigenvalue weighted by Crippen LogP contribution is -2.15. The van der Waals surface area contributed by atoms with Gasteiger partial charge < -0.3 is 5.32 Å². The summed E-state index contributed by atoms with van der Waals surface area (Å²) in [6, 6.07) is 14.9. The van der Waals surface area contributed by atoms with Crippen molar-refractivity contribution >= 4 is 21.6 Å². The summed E-state index contributed by atoms with van der Waals surface area (Å²) < 4.78 is 22.1. The van der Waals surface area contributed by atoms with Gasteiger partial charge in [0.25, 0.3) is 0 Å². The number of carbonyl (C=O) groups is 1. The number of primary sulfonamides is 1. The lowest BCUT2D eigenvalue weighted by Gasteiger charge is -2.07. The van der Waals surface area contributed by atoms with Crippen LogP contribution in [0.1, 0.15) is 30.0 Å². The van der Waals surface area contributed by atoms with E-state index < -0.39 is 10.0 Å². The standard InChI is InChI=1S/C18H22N2O3S/c1-2-14-3-5-15(6-4-14)9-12-18(21)20-17-10-7-16(8-11-17)13-24(19,22)23/h3-8,10-11H,2,9,12-13H2,1H3,(H,20,21)(H2,19,22,23). The molecule has 24 heavy (non-hydrogen) atoms. The van der Waals surface area contributed by atoms with Gasteiger partial charge >= 0.3 is 0 Å². The number of rotatable bonds is 7. The van der Waals surface area contributed by atoms with Crippen molar-refractivity contribution in [2.24, 2.45) is 5.14 Å². The maximum atomic E-state index is 12.0. The summed E-state index contributed by atoms with van der Waals surface area (Å²) in [5.41, 5.74) is 3.64. The fraction of sp³-hybridized carbons (Fsp3) is 0.278. The molecule has 1 amide bonds. The van der Waals surface area contributed by atoms with E-state index in [2.05, 4.69) is 24.4 Å². The van der Waals surface area contributed by atoms with Gasteiger partial charge in [0.15, 0.2) is 0 Å². The van der Waals surface area contributed by atoms with Crippen LogP contribution < -0.4 is 10.5 Å². The highest BCUT2D eigenvalue weighted by molar-refractivity contribution is 7.88. The van der Waals surface area contributed by atoms with E-state index in [1.165, 1.54) is 5.56 Å². The molecule has 2 aromatic rings. The fourth-order valence-corrected chi connectivity index (χ4v) is 3.00. The zero-order valence-corrected chi connectivity index (χ0v) is 14.5. The molecule has 0 aliphatic carbocycles. The molecule has 128 valence electrons. The molecule has 0 radical (unpaired) electrons. The van der Waals surface area contributed by atoms with E-state index in [4.69, 9.17) is 5.14 Å². The number of hydrogen-bond acceptors (Lipinski definition) is 3. The van der Waals surface area contributed by atoms with Crippen LogP contribution in [0.15, 0.2) is 48.5 Å². The molecule has 0 aliphatic rings. The fourth-order valence-electron chi connectivity index (χ4n) is 2.34. The highest BCUT2D eigenvalue weighted by Crippen LogP contribution is 2.13. The first-order valence-electron chi connectivity index (χ1n) is 7.83. The van der Waals surface area contributed by atoms with Crippen LogP contribution in [0, 0.1) is 0 Å². The van der Waals surface area contributed by atoms with Crippen molar-refractivity contribution in [2.75, 3.05) is 5.32 Å². The summed E-state index contributed by atoms with van der Waals surface area (Å²) in [4.78, 5) is 12.0. The molecule has 0 spiro atoms. The summed E-state index contributed by atoms with van der Waals surface area (Å²) in [6.07, 6.45) is 2.08. The van der Waals surface area contributed by atoms with Gasteiger partial charge in [-0.25, -0.2) is 13.6 Å². The van der Waals surface area contributed by atoms with Gasteiger partial charge in [-0.05, 0) is 41.7 Å². The molecular formula is C18H22N2O3S. The van der Waals surface area contributed by atoms with E-state index in [0.29, 0.717) is 24.1 Å². The van der Waals surface area contributed by atoms with Gasteiger partial charge in [0.05, 0.1) is 5.75 Å². The number of hydrogen-bond donors (Lipinski definition) is 2. The Balaban J connectivity index is 1.85. The van der Waals surface area contributed by atoms with Crippen molar-refractivity contribution in [3.05, 3.63) is 65.2 Å². The molecule has 5 nitrogen and oxygen atoms in total. The normalized spacial score (nSPS) is 11.2. The van der Waals surface area contributed by atoms with Crippen molar-refractivity contribution in [2.45, 2.75) is 31.9 Å². The van der Waals surface area contributed by atoms with Gasteiger partial charge in [-0.3, -0.25) is 4.79 Å². The van der Waals surface area contributed by atoms with Gasteiger partial charge in [0, 0.05) is 12.1 Å². The number of carbonyl (C=O) groups excluding carboxylic acids is 1. The maximum absolute atomic E-state index is 12.0. The minimum Gasteiger partial charge on any atom is -0.326 e. The first kappa shape index (κ1) is 18.2. The topological polar surface area (TPSA) is 89.3 Å². The molecule has 0 atom stereocenters. The van der Waals surface area contributed by atoms with Crippen LogP contribution in [0.4, 0.5) is 5.69 Å². The van der Waals surface area contributed by atoms with E-state index >= 15 is 0 Å². The Labute approximate surface area is 142 Å². The molecule has 2 rings (SSSR count). The van der Waals surface area contributed by atoms with E-state index in [1.807, 2.05) is 12.1 Å². The lowest BCUT2D eigenvalue weighted by molar-refractivity contribution is -0.116. The summed E-state index contributed by atoms with van der Waals surface area (Å²) in [5.74, 6) is -0.289. The van der Waals surface area contributed by atoms with Crippen molar-refractivity contribution in [1.29, 1.82) is 0 Å². The molecule has 0 saturated carbocycles. The number of anilines is 1. The van der Waals surface area contributed by atoms with Crippen LogP contribution in [-0.4, -0.2) is 14.3 Å². The molecule has 0 saturated heterocycles. The SMILES string of the molecule is CCc1ccc(CCC(=O)Nc2ccc(CS(N)(=O)=O)cc2)cc1. The maximum Gasteiger partial charge on any atom is 0.224 e. The monoisotopic (exact) mass is 346 g/mol. The van der Waals surface area contributed by atoms with E-state index in [1.54, 1.807) is 24.3 Å². The second kappa shape index (κ2) is 8.08. The summed E-state index contributed by atoms with van der Waals surface area (Å²) in [7, 11) is -3.54. The predicted octanol–water partition coefficient (Wildman–Crippen LogP) is 2.61. The number of nitrogens with two attached hydrogens (primary N) is 1. The van der Waals surface area contributed by atoms with Crippen molar-refractivity contribution < 1.29 is 13.2 Å². The molecule has 0 aromatic heterocycles. The van der Waals surface area contributed by atoms with Crippen LogP contribution in [0.5, 0.6) is 0 Å². The lowest BCUT2D eigenvalue weighted by atomic mass is 10.1. The van der Waals surface area contributed by atoms with Crippen molar-refractivity contribution in [3.63, 3.8) is 0 Å². The summed E-state index contributed by atoms with van der Waals surface area (Å²) in [6.45, 7) is 2.11. The number of nitrogens with one attached hydrogen (secondary N) is 1. The quantitative estimate of drug-likeness (QED) is 0.807. The average Bonchev–Trinajstić information content (AvgIpc) is 2.54. The van der Waals surface area contributed by atoms with Gasteiger partial charge in [-0.2, -0.15) is 0 Å². The van der Waals surface area contributed by atoms with Crippen LogP contribution in [-0.2, 0) is 33.4 Å². The zero-order chi connectivity index (χ0) is 17.6. The smallest absolute Gasteiger partial charge is 0.224 e. The largest absolute Gasteiger partial charge is 0.326 e. The van der Waals surface area contributed by atoms with Crippen molar-refractivity contribution in [3.8, 4) is 0 Å². The summed E-state index contributed by atoms with van der Waals surface area (Å²) in [5, 5.41) is 7.81. The number of aryl methyl sites for hydroxylation is 2. The van der Waals surface area contributed by atoms with Gasteiger partial charge in [-0.1, -0.05) is 43.3 Å². The molecule has 6 heteroatoms. The number of sulfonamides is 1. The minimum atomic E-state index is -3.54. The van der Waals surface area contributed by atoms with Crippen molar-refractivity contribution in [1.82, 2.24) is 0 Å². The third kappa shape index (κ3) is 6.14. The molecule has 0 unspecified atom stereocenters. The highest BCUT2D eigenvalue weighted by atomic mass is 32.2. The molecule has 0 fully saturated rings. The van der Waals surface area contributed by atoms with Crippen LogP contribution in [0.3, 0.4) is 0 Å². The molecule has 0 heterocycles. The zero-order valence-electron chi connectivity index (χ0n) is 13.7. The molecule has 0 aliphatic heterocycles. The minimum absolute atomic E-state index is 0.0752. The Morgan fingerprint density at radius 2 is 1.50 bits per heavy atom. The van der Waals surface area contributed by atoms with E-state index in [-0.39, 0.29) is 11.7 Å². The van der Waals surface area contributed by atoms with Gasteiger partial charge in [-0.15, -0.1) is 0 Å². The Bertz CT molecular complexity index is 782. The van der Waals surface area contributed by atoms with Crippen LogP contribution in [0.2, 0.25) is 0 Å². The first-order chi connectivity index (χ1) is 11.4. The molecular weight excluding hydrogens is 324 g/mol. The van der Waals surface area contributed by atoms with E-state index in [0.717, 1.165) is 12.0 Å². The van der Waals surface area contributed by atoms with Gasteiger partial charge in [0.1, 0.15) is 0 Å². The van der Waals surface area contributed by atoms with Crippen LogP contribution in [0.25, 0.3) is 0 Å². The first-order valence-corrected chi connectivity index (χ1v) is 9.54.